The van der Waals surface area contributed by atoms with Gasteiger partial charge in [0.25, 0.3) is 11.8 Å². The van der Waals surface area contributed by atoms with Crippen molar-refractivity contribution in [1.82, 2.24) is 10.4 Å². The first-order chi connectivity index (χ1) is 10.0. The van der Waals surface area contributed by atoms with Crippen LogP contribution in [0.4, 0.5) is 0 Å². The minimum Gasteiger partial charge on any atom is -0.330 e. The Balaban J connectivity index is 2.13. The predicted molar refractivity (Wildman–Crippen MR) is 68.3 cm³/mol. The van der Waals surface area contributed by atoms with Gasteiger partial charge in [-0.3, -0.25) is 14.4 Å². The number of carbonyl (C=O) groups is 4. The maximum Gasteiger partial charge on any atom is 0.334 e. The van der Waals surface area contributed by atoms with E-state index < -0.39 is 17.8 Å². The molecule has 114 valence electrons. The first kappa shape index (κ1) is 16.6. The van der Waals surface area contributed by atoms with Crippen molar-refractivity contribution in [1.29, 1.82) is 0 Å². The summed E-state index contributed by atoms with van der Waals surface area (Å²) in [5.74, 6) is -1.95. The summed E-state index contributed by atoms with van der Waals surface area (Å²) in [6.45, 7) is 0.302. The van der Waals surface area contributed by atoms with Crippen LogP contribution >= 0.6 is 0 Å². The second kappa shape index (κ2) is 8.67. The van der Waals surface area contributed by atoms with Crippen LogP contribution in [0.5, 0.6) is 0 Å². The van der Waals surface area contributed by atoms with Gasteiger partial charge < -0.3 is 10.2 Å². The molecular formula is C11H15N5O5. The van der Waals surface area contributed by atoms with Crippen LogP contribution in [0.2, 0.25) is 0 Å². The lowest BCUT2D eigenvalue weighted by atomic mass is 10.3. The monoisotopic (exact) mass is 297 g/mol. The third kappa shape index (κ3) is 6.02. The fourth-order valence-electron chi connectivity index (χ4n) is 1.53. The first-order valence-corrected chi connectivity index (χ1v) is 6.34. The molecule has 0 aromatic heterocycles. The van der Waals surface area contributed by atoms with Crippen LogP contribution in [-0.4, -0.2) is 48.3 Å². The first-order valence-electron chi connectivity index (χ1n) is 6.34. The van der Waals surface area contributed by atoms with Crippen LogP contribution in [0.25, 0.3) is 10.4 Å². The van der Waals surface area contributed by atoms with Gasteiger partial charge in [0.05, 0.1) is 13.0 Å². The summed E-state index contributed by atoms with van der Waals surface area (Å²) < 4.78 is 0. The maximum absolute atomic E-state index is 11.4. The maximum atomic E-state index is 11.4. The molecule has 21 heavy (non-hydrogen) atoms. The highest BCUT2D eigenvalue weighted by molar-refractivity contribution is 6.01. The van der Waals surface area contributed by atoms with Gasteiger partial charge in [-0.1, -0.05) is 5.11 Å². The van der Waals surface area contributed by atoms with Gasteiger partial charge in [-0.15, -0.1) is 5.06 Å². The Hall–Kier alpha value is -2.45. The molecule has 0 aromatic rings. The van der Waals surface area contributed by atoms with E-state index in [-0.39, 0.29) is 51.1 Å². The Morgan fingerprint density at radius 2 is 1.95 bits per heavy atom. The van der Waals surface area contributed by atoms with Crippen molar-refractivity contribution >= 4 is 23.6 Å². The van der Waals surface area contributed by atoms with Gasteiger partial charge >= 0.3 is 5.97 Å². The molecule has 1 rings (SSSR count). The van der Waals surface area contributed by atoms with Crippen LogP contribution in [0, 0.1) is 0 Å². The van der Waals surface area contributed by atoms with Gasteiger partial charge in [0, 0.05) is 37.3 Å². The average molecular weight is 297 g/mol. The topological polar surface area (TPSA) is 142 Å². The summed E-state index contributed by atoms with van der Waals surface area (Å²) in [5, 5.41) is 6.42. The minimum absolute atomic E-state index is 0.0375. The van der Waals surface area contributed by atoms with Crippen molar-refractivity contribution in [3.8, 4) is 0 Å². The molecule has 0 unspecified atom stereocenters. The average Bonchev–Trinajstić information content (AvgIpc) is 2.76. The van der Waals surface area contributed by atoms with Crippen molar-refractivity contribution in [3.05, 3.63) is 10.4 Å². The molecule has 10 heteroatoms. The third-order valence-electron chi connectivity index (χ3n) is 2.58. The zero-order valence-electron chi connectivity index (χ0n) is 11.3. The molecular weight excluding hydrogens is 282 g/mol. The van der Waals surface area contributed by atoms with Crippen LogP contribution in [0.3, 0.4) is 0 Å². The van der Waals surface area contributed by atoms with Gasteiger partial charge in [0.2, 0.25) is 0 Å². The van der Waals surface area contributed by atoms with E-state index in [1.165, 1.54) is 0 Å². The van der Waals surface area contributed by atoms with Crippen molar-refractivity contribution in [2.75, 3.05) is 19.6 Å². The number of hydrogen-bond acceptors (Lipinski definition) is 7. The molecule has 0 aliphatic carbocycles. The van der Waals surface area contributed by atoms with Gasteiger partial charge in [0.1, 0.15) is 5.78 Å². The standard InChI is InChI=1S/C11H15N5O5/c12-15-14-6-3-8(17)7-13-5-4-11(20)21-16-9(18)1-2-10(16)19/h13H,1-7H2. The highest BCUT2D eigenvalue weighted by Gasteiger charge is 2.32. The third-order valence-corrected chi connectivity index (χ3v) is 2.58. The predicted octanol–water partition coefficient (Wildman–Crippen LogP) is -0.157. The van der Waals surface area contributed by atoms with E-state index in [0.717, 1.165) is 0 Å². The fourth-order valence-corrected chi connectivity index (χ4v) is 1.53. The quantitative estimate of drug-likeness (QED) is 0.206. The largest absolute Gasteiger partial charge is 0.334 e. The normalized spacial score (nSPS) is 14.0. The number of azide groups is 1. The molecule has 0 atom stereocenters. The summed E-state index contributed by atoms with van der Waals surface area (Å²) in [7, 11) is 0. The van der Waals surface area contributed by atoms with Crippen LogP contribution in [0.15, 0.2) is 5.11 Å². The summed E-state index contributed by atoms with van der Waals surface area (Å²) in [6.07, 6.45) is 0.132. The molecule has 10 nitrogen and oxygen atoms in total. The zero-order valence-corrected chi connectivity index (χ0v) is 11.3. The summed E-state index contributed by atoms with van der Waals surface area (Å²) in [6, 6.07) is 0. The molecule has 2 amide bonds. The van der Waals surface area contributed by atoms with Crippen LogP contribution < -0.4 is 5.32 Å². The highest BCUT2D eigenvalue weighted by Crippen LogP contribution is 2.12. The van der Waals surface area contributed by atoms with Crippen LogP contribution in [-0.2, 0) is 24.0 Å². The number of hydrogen-bond donors (Lipinski definition) is 1. The number of carbonyl (C=O) groups excluding carboxylic acids is 4. The van der Waals surface area contributed by atoms with E-state index in [0.29, 0.717) is 5.06 Å². The second-order valence-electron chi connectivity index (χ2n) is 4.22. The van der Waals surface area contributed by atoms with Crippen molar-refractivity contribution in [2.24, 2.45) is 5.11 Å². The van der Waals surface area contributed by atoms with Crippen molar-refractivity contribution in [2.45, 2.75) is 25.7 Å². The number of nitrogens with one attached hydrogen (secondary N) is 1. The van der Waals surface area contributed by atoms with E-state index in [1.807, 2.05) is 0 Å². The Kier molecular flexibility index (Phi) is 6.85. The Bertz CT molecular complexity index is 469. The number of nitrogens with zero attached hydrogens (tertiary/aromatic N) is 4. The van der Waals surface area contributed by atoms with Crippen molar-refractivity contribution < 1.29 is 24.0 Å². The van der Waals surface area contributed by atoms with E-state index in [1.54, 1.807) is 0 Å². The Morgan fingerprint density at radius 3 is 2.57 bits per heavy atom. The molecule has 0 bridgehead atoms. The van der Waals surface area contributed by atoms with E-state index in [9.17, 15) is 19.2 Å². The molecule has 0 spiro atoms. The van der Waals surface area contributed by atoms with Gasteiger partial charge in [-0.05, 0) is 5.53 Å². The molecule has 1 heterocycles. The zero-order chi connectivity index (χ0) is 15.7. The molecule has 1 fully saturated rings. The number of Topliss-reactive ketones (excluding diaryl/α,β-unsaturated/α-hetero) is 1. The van der Waals surface area contributed by atoms with E-state index in [2.05, 4.69) is 20.2 Å². The van der Waals surface area contributed by atoms with Gasteiger partial charge in [-0.25, -0.2) is 4.79 Å². The van der Waals surface area contributed by atoms with Gasteiger partial charge in [0.15, 0.2) is 0 Å². The Labute approximate surface area is 120 Å². The molecule has 1 N–H and O–H groups in total. The lowest BCUT2D eigenvalue weighted by Crippen LogP contribution is -2.33. The highest BCUT2D eigenvalue weighted by atomic mass is 16.7. The van der Waals surface area contributed by atoms with Gasteiger partial charge in [-0.2, -0.15) is 0 Å². The Morgan fingerprint density at radius 1 is 1.29 bits per heavy atom. The second-order valence-corrected chi connectivity index (χ2v) is 4.22. The van der Waals surface area contributed by atoms with E-state index in [4.69, 9.17) is 5.53 Å². The number of hydroxylamine groups is 2. The molecule has 0 aromatic carbocycles. The number of ketones is 1. The molecule has 1 aliphatic rings. The number of amides is 2. The van der Waals surface area contributed by atoms with E-state index >= 15 is 0 Å². The fraction of sp³-hybridized carbons (Fsp3) is 0.636. The van der Waals surface area contributed by atoms with Crippen LogP contribution in [0.1, 0.15) is 25.7 Å². The summed E-state index contributed by atoms with van der Waals surface area (Å²) >= 11 is 0. The SMILES string of the molecule is [N-]=[N+]=NCCC(=O)CNCCC(=O)ON1C(=O)CCC1=O. The minimum atomic E-state index is -0.729. The van der Waals surface area contributed by atoms with Crippen molar-refractivity contribution in [3.63, 3.8) is 0 Å². The lowest BCUT2D eigenvalue weighted by molar-refractivity contribution is -0.197. The molecule has 0 saturated carbocycles. The molecule has 1 aliphatic heterocycles. The number of rotatable bonds is 9. The smallest absolute Gasteiger partial charge is 0.330 e. The number of imide groups is 1. The molecule has 0 radical (unpaired) electrons. The summed E-state index contributed by atoms with van der Waals surface area (Å²) in [5.41, 5.74) is 8.04. The summed E-state index contributed by atoms with van der Waals surface area (Å²) in [4.78, 5) is 52.2. The lowest BCUT2D eigenvalue weighted by Gasteiger charge is -2.12. The molecule has 1 saturated heterocycles.